The van der Waals surface area contributed by atoms with Crippen LogP contribution in [-0.4, -0.2) is 20.9 Å². The number of nitrogens with one attached hydrogen (secondary N) is 1. The van der Waals surface area contributed by atoms with E-state index < -0.39 is 0 Å². The van der Waals surface area contributed by atoms with Gasteiger partial charge >= 0.3 is 0 Å². The van der Waals surface area contributed by atoms with Gasteiger partial charge in [-0.05, 0) is 61.0 Å². The molecule has 0 aliphatic carbocycles. The van der Waals surface area contributed by atoms with Crippen molar-refractivity contribution in [3.05, 3.63) is 72.4 Å². The van der Waals surface area contributed by atoms with Gasteiger partial charge in [0.2, 0.25) is 5.91 Å². The molecule has 7 heteroatoms. The van der Waals surface area contributed by atoms with E-state index in [-0.39, 0.29) is 17.5 Å². The Hall–Kier alpha value is -3.74. The number of hydrogen-bond acceptors (Lipinski definition) is 4. The van der Waals surface area contributed by atoms with Crippen molar-refractivity contribution < 1.29 is 13.6 Å². The van der Waals surface area contributed by atoms with Gasteiger partial charge in [-0.25, -0.2) is 23.7 Å². The molecule has 0 fully saturated rings. The third-order valence-corrected chi connectivity index (χ3v) is 4.52. The Morgan fingerprint density at radius 1 is 0.900 bits per heavy atom. The molecular formula is C23H18F2N4O. The lowest BCUT2D eigenvalue weighted by molar-refractivity contribution is -0.116. The topological polar surface area (TPSA) is 67.8 Å². The number of halogens is 2. The summed E-state index contributed by atoms with van der Waals surface area (Å²) in [6, 6.07) is 13.5. The average Bonchev–Trinajstić information content (AvgIpc) is 2.74. The lowest BCUT2D eigenvalue weighted by atomic mass is 10.0. The highest BCUT2D eigenvalue weighted by Gasteiger charge is 2.15. The minimum absolute atomic E-state index is 0.103. The van der Waals surface area contributed by atoms with Crippen LogP contribution in [0.3, 0.4) is 0 Å². The van der Waals surface area contributed by atoms with E-state index in [0.717, 1.165) is 6.42 Å². The van der Waals surface area contributed by atoms with Crippen LogP contribution in [0.4, 0.5) is 14.5 Å². The number of benzene rings is 2. The SMILES string of the molecule is CCCC(=O)Nc1cnc2nc(-c3ccc(F)cc3)c(-c3ccc(F)cc3)nc2c1. The molecule has 0 saturated carbocycles. The predicted octanol–water partition coefficient (Wildman–Crippen LogP) is 5.38. The summed E-state index contributed by atoms with van der Waals surface area (Å²) < 4.78 is 26.8. The first-order valence-electron chi connectivity index (χ1n) is 9.53. The van der Waals surface area contributed by atoms with Gasteiger partial charge in [0.15, 0.2) is 5.65 Å². The zero-order valence-corrected chi connectivity index (χ0v) is 16.2. The Morgan fingerprint density at radius 3 is 2.03 bits per heavy atom. The minimum atomic E-state index is -0.363. The highest BCUT2D eigenvalue weighted by atomic mass is 19.1. The maximum absolute atomic E-state index is 13.4. The Morgan fingerprint density at radius 2 is 1.47 bits per heavy atom. The Kier molecular flexibility index (Phi) is 5.43. The van der Waals surface area contributed by atoms with Crippen molar-refractivity contribution in [2.24, 2.45) is 0 Å². The van der Waals surface area contributed by atoms with Crippen LogP contribution in [0, 0.1) is 11.6 Å². The zero-order chi connectivity index (χ0) is 21.1. The standard InChI is InChI=1S/C23H18F2N4O/c1-2-3-20(30)27-18-12-19-23(26-13-18)29-22(15-6-10-17(25)11-7-15)21(28-19)14-4-8-16(24)9-5-14/h4-13H,2-3H2,1H3,(H,27,30). The Balaban J connectivity index is 1.86. The normalized spacial score (nSPS) is 10.9. The quantitative estimate of drug-likeness (QED) is 0.485. The summed E-state index contributed by atoms with van der Waals surface area (Å²) in [5.74, 6) is -0.826. The molecule has 0 unspecified atom stereocenters. The first-order chi connectivity index (χ1) is 14.5. The summed E-state index contributed by atoms with van der Waals surface area (Å²) in [5.41, 5.74) is 3.72. The van der Waals surface area contributed by atoms with Gasteiger partial charge in [-0.1, -0.05) is 6.92 Å². The van der Waals surface area contributed by atoms with Crippen molar-refractivity contribution in [3.8, 4) is 22.5 Å². The number of anilines is 1. The van der Waals surface area contributed by atoms with Crippen LogP contribution in [0.2, 0.25) is 0 Å². The second kappa shape index (κ2) is 8.32. The lowest BCUT2D eigenvalue weighted by Gasteiger charge is -2.11. The van der Waals surface area contributed by atoms with Crippen molar-refractivity contribution in [2.45, 2.75) is 19.8 Å². The van der Waals surface area contributed by atoms with E-state index in [1.54, 1.807) is 30.3 Å². The highest BCUT2D eigenvalue weighted by molar-refractivity contribution is 5.93. The van der Waals surface area contributed by atoms with Gasteiger partial charge in [0, 0.05) is 17.5 Å². The number of amides is 1. The number of carbonyl (C=O) groups is 1. The van der Waals surface area contributed by atoms with Crippen LogP contribution in [0.5, 0.6) is 0 Å². The molecule has 4 rings (SSSR count). The minimum Gasteiger partial charge on any atom is -0.325 e. The van der Waals surface area contributed by atoms with Crippen LogP contribution in [0.25, 0.3) is 33.7 Å². The van der Waals surface area contributed by atoms with E-state index in [1.165, 1.54) is 30.5 Å². The largest absolute Gasteiger partial charge is 0.325 e. The molecule has 4 aromatic rings. The molecule has 0 atom stereocenters. The van der Waals surface area contributed by atoms with E-state index in [1.807, 2.05) is 6.92 Å². The highest BCUT2D eigenvalue weighted by Crippen LogP contribution is 2.31. The van der Waals surface area contributed by atoms with Crippen LogP contribution in [0.15, 0.2) is 60.8 Å². The second-order valence-electron chi connectivity index (χ2n) is 6.80. The third-order valence-electron chi connectivity index (χ3n) is 4.52. The summed E-state index contributed by atoms with van der Waals surface area (Å²) in [6.07, 6.45) is 2.67. The molecule has 0 spiro atoms. The second-order valence-corrected chi connectivity index (χ2v) is 6.80. The van der Waals surface area contributed by atoms with E-state index in [9.17, 15) is 13.6 Å². The number of rotatable bonds is 5. The number of nitrogens with zero attached hydrogens (tertiary/aromatic N) is 3. The zero-order valence-electron chi connectivity index (χ0n) is 16.2. The smallest absolute Gasteiger partial charge is 0.224 e. The molecule has 0 aliphatic heterocycles. The van der Waals surface area contributed by atoms with Gasteiger partial charge in [-0.15, -0.1) is 0 Å². The van der Waals surface area contributed by atoms with Crippen molar-refractivity contribution >= 4 is 22.8 Å². The van der Waals surface area contributed by atoms with E-state index in [0.29, 0.717) is 45.8 Å². The molecule has 0 radical (unpaired) electrons. The van der Waals surface area contributed by atoms with Gasteiger partial charge < -0.3 is 5.32 Å². The third kappa shape index (κ3) is 4.15. The van der Waals surface area contributed by atoms with E-state index in [4.69, 9.17) is 4.98 Å². The molecule has 150 valence electrons. The predicted molar refractivity (Wildman–Crippen MR) is 112 cm³/mol. The molecule has 0 saturated heterocycles. The fourth-order valence-electron chi connectivity index (χ4n) is 3.08. The van der Waals surface area contributed by atoms with Crippen LogP contribution < -0.4 is 5.32 Å². The molecule has 30 heavy (non-hydrogen) atoms. The summed E-state index contributed by atoms with van der Waals surface area (Å²) >= 11 is 0. The van der Waals surface area contributed by atoms with Gasteiger partial charge in [-0.3, -0.25) is 4.79 Å². The number of fused-ring (bicyclic) bond motifs is 1. The molecule has 2 aromatic carbocycles. The van der Waals surface area contributed by atoms with Crippen LogP contribution in [0.1, 0.15) is 19.8 Å². The monoisotopic (exact) mass is 404 g/mol. The fraction of sp³-hybridized carbons (Fsp3) is 0.130. The number of aromatic nitrogens is 3. The summed E-state index contributed by atoms with van der Waals surface area (Å²) in [5, 5.41) is 2.79. The first kappa shape index (κ1) is 19.6. The molecule has 2 aromatic heterocycles. The molecule has 0 aliphatic rings. The van der Waals surface area contributed by atoms with Gasteiger partial charge in [0.1, 0.15) is 17.2 Å². The number of carbonyl (C=O) groups excluding carboxylic acids is 1. The van der Waals surface area contributed by atoms with Crippen molar-refractivity contribution in [3.63, 3.8) is 0 Å². The molecule has 0 bridgehead atoms. The molecule has 1 N–H and O–H groups in total. The molecule has 2 heterocycles. The van der Waals surface area contributed by atoms with Crippen molar-refractivity contribution in [1.29, 1.82) is 0 Å². The lowest BCUT2D eigenvalue weighted by Crippen LogP contribution is -2.11. The maximum Gasteiger partial charge on any atom is 0.224 e. The number of hydrogen-bond donors (Lipinski definition) is 1. The summed E-state index contributed by atoms with van der Waals surface area (Å²) in [6.45, 7) is 1.93. The average molecular weight is 404 g/mol. The fourth-order valence-corrected chi connectivity index (χ4v) is 3.08. The Labute approximate surface area is 171 Å². The van der Waals surface area contributed by atoms with Crippen LogP contribution >= 0.6 is 0 Å². The molecular weight excluding hydrogens is 386 g/mol. The first-order valence-corrected chi connectivity index (χ1v) is 9.53. The number of pyridine rings is 1. The van der Waals surface area contributed by atoms with Crippen molar-refractivity contribution in [2.75, 3.05) is 5.32 Å². The Bertz CT molecular complexity index is 1210. The van der Waals surface area contributed by atoms with E-state index in [2.05, 4.69) is 15.3 Å². The molecule has 5 nitrogen and oxygen atoms in total. The maximum atomic E-state index is 13.4. The van der Waals surface area contributed by atoms with Crippen LogP contribution in [-0.2, 0) is 4.79 Å². The van der Waals surface area contributed by atoms with Gasteiger partial charge in [-0.2, -0.15) is 0 Å². The summed E-state index contributed by atoms with van der Waals surface area (Å²) in [7, 11) is 0. The van der Waals surface area contributed by atoms with Crippen molar-refractivity contribution in [1.82, 2.24) is 15.0 Å². The molecule has 1 amide bonds. The van der Waals surface area contributed by atoms with Gasteiger partial charge in [0.05, 0.1) is 23.3 Å². The van der Waals surface area contributed by atoms with Gasteiger partial charge in [0.25, 0.3) is 0 Å². The van der Waals surface area contributed by atoms with E-state index >= 15 is 0 Å². The summed E-state index contributed by atoms with van der Waals surface area (Å²) in [4.78, 5) is 25.5.